The maximum absolute atomic E-state index is 12.2. The molecule has 0 radical (unpaired) electrons. The van der Waals surface area contributed by atoms with Crippen LogP contribution in [0.3, 0.4) is 0 Å². The fraction of sp³-hybridized carbons (Fsp3) is 0.182. The van der Waals surface area contributed by atoms with Crippen molar-refractivity contribution in [3.63, 3.8) is 0 Å². The Morgan fingerprint density at radius 2 is 1.04 bits per heavy atom. The first-order chi connectivity index (χ1) is 26.3. The van der Waals surface area contributed by atoms with E-state index in [0.717, 1.165) is 34.5 Å². The quantitative estimate of drug-likeness (QED) is 0.133. The Balaban J connectivity index is 0.000000185. The number of aromatic nitrogens is 5. The summed E-state index contributed by atoms with van der Waals surface area (Å²) in [5.41, 5.74) is 5.48. The van der Waals surface area contributed by atoms with E-state index in [1.165, 1.54) is 31.3 Å². The van der Waals surface area contributed by atoms with Crippen molar-refractivity contribution in [3.8, 4) is 0 Å². The maximum Gasteiger partial charge on any atom is 0.225 e. The zero-order valence-electron chi connectivity index (χ0n) is 31.0. The number of benzene rings is 4. The normalized spacial score (nSPS) is 11.3. The highest BCUT2D eigenvalue weighted by Crippen LogP contribution is 2.29. The third-order valence-electron chi connectivity index (χ3n) is 9.13. The average Bonchev–Trinajstić information content (AvgIpc) is 3.65. The summed E-state index contributed by atoms with van der Waals surface area (Å²) in [6.45, 7) is 6.79. The van der Waals surface area contributed by atoms with Gasteiger partial charge in [0.15, 0.2) is 0 Å². The number of anilines is 3. The van der Waals surface area contributed by atoms with Gasteiger partial charge in [0.25, 0.3) is 0 Å². The fourth-order valence-corrected chi connectivity index (χ4v) is 6.27. The summed E-state index contributed by atoms with van der Waals surface area (Å²) in [5, 5.41) is 1.08. The summed E-state index contributed by atoms with van der Waals surface area (Å²) < 4.78 is 2.21. The van der Waals surface area contributed by atoms with E-state index in [1.807, 2.05) is 72.8 Å². The van der Waals surface area contributed by atoms with E-state index in [-0.39, 0.29) is 17.9 Å². The van der Waals surface area contributed by atoms with Gasteiger partial charge in [0.05, 0.1) is 24.5 Å². The van der Waals surface area contributed by atoms with Crippen LogP contribution in [0.4, 0.5) is 17.5 Å². The molecule has 54 heavy (non-hydrogen) atoms. The average molecular weight is 717 g/mol. The number of carbonyl (C=O) groups excluding carboxylic acids is 2. The van der Waals surface area contributed by atoms with Gasteiger partial charge in [0.2, 0.25) is 11.8 Å². The van der Waals surface area contributed by atoms with Gasteiger partial charge in [-0.15, -0.1) is 0 Å². The third kappa shape index (κ3) is 9.21. The smallest absolute Gasteiger partial charge is 0.225 e. The third-order valence-corrected chi connectivity index (χ3v) is 9.13. The van der Waals surface area contributed by atoms with Gasteiger partial charge in [-0.2, -0.15) is 0 Å². The Bertz CT molecular complexity index is 2190. The standard InChI is InChI=1S/C22H22N4O2.C22H22N4/c1-17(27)25(14-19-9-5-3-6-10-19)21-13-22(24-16-23-21)26(18(2)28)15-20-11-7-4-8-12-20;1-17(19-11-7-4-8-12-19)26-14-13-20-21(23-16-24-22(20)26)25(2)15-18-9-5-3-6-10-18/h3-13,16H,14-15H2,1-2H3;3-14,16-17H,15H2,1-2H3. The molecule has 0 fully saturated rings. The van der Waals surface area contributed by atoms with Crippen molar-refractivity contribution in [2.45, 2.75) is 46.4 Å². The molecule has 0 saturated heterocycles. The molecule has 0 aliphatic rings. The van der Waals surface area contributed by atoms with Crippen LogP contribution in [0.15, 0.2) is 152 Å². The number of hydrogen-bond donors (Lipinski definition) is 0. The first kappa shape index (κ1) is 37.1. The molecule has 0 N–H and O–H groups in total. The van der Waals surface area contributed by atoms with Crippen LogP contribution in [-0.4, -0.2) is 43.4 Å². The molecule has 7 aromatic rings. The molecule has 0 aliphatic heterocycles. The van der Waals surface area contributed by atoms with Gasteiger partial charge in [0, 0.05) is 39.7 Å². The second-order valence-corrected chi connectivity index (χ2v) is 13.0. The van der Waals surface area contributed by atoms with Crippen LogP contribution in [0.2, 0.25) is 0 Å². The molecule has 1 unspecified atom stereocenters. The van der Waals surface area contributed by atoms with Gasteiger partial charge >= 0.3 is 0 Å². The molecule has 10 heteroatoms. The van der Waals surface area contributed by atoms with Crippen LogP contribution in [0.5, 0.6) is 0 Å². The number of hydrogen-bond acceptors (Lipinski definition) is 7. The minimum Gasteiger partial charge on any atom is -0.355 e. The van der Waals surface area contributed by atoms with Crippen LogP contribution < -0.4 is 14.7 Å². The Labute approximate surface area is 316 Å². The molecule has 4 aromatic carbocycles. The monoisotopic (exact) mass is 716 g/mol. The van der Waals surface area contributed by atoms with E-state index >= 15 is 0 Å². The lowest BCUT2D eigenvalue weighted by molar-refractivity contribution is -0.117. The van der Waals surface area contributed by atoms with Crippen molar-refractivity contribution in [1.82, 2.24) is 24.5 Å². The van der Waals surface area contributed by atoms with Crippen molar-refractivity contribution in [1.29, 1.82) is 0 Å². The van der Waals surface area contributed by atoms with Gasteiger partial charge in [-0.25, -0.2) is 19.9 Å². The van der Waals surface area contributed by atoms with Gasteiger partial charge in [0.1, 0.15) is 35.8 Å². The SMILES string of the molecule is CC(=O)N(Cc1ccccc1)c1cc(N(Cc2ccccc2)C(C)=O)ncn1.CC(c1ccccc1)n1ccc2c(N(C)Cc3ccccc3)ncnc21. The first-order valence-corrected chi connectivity index (χ1v) is 17.9. The predicted octanol–water partition coefficient (Wildman–Crippen LogP) is 8.26. The molecular formula is C44H44N8O2. The molecule has 272 valence electrons. The highest BCUT2D eigenvalue weighted by molar-refractivity contribution is 5.93. The lowest BCUT2D eigenvalue weighted by atomic mass is 10.1. The number of amides is 2. The van der Waals surface area contributed by atoms with Crippen molar-refractivity contribution in [2.75, 3.05) is 21.7 Å². The minimum absolute atomic E-state index is 0.133. The number of rotatable bonds is 11. The van der Waals surface area contributed by atoms with Crippen LogP contribution in [-0.2, 0) is 29.2 Å². The summed E-state index contributed by atoms with van der Waals surface area (Å²) >= 11 is 0. The number of nitrogens with zero attached hydrogens (tertiary/aromatic N) is 8. The Kier molecular flexibility index (Phi) is 12.2. The molecule has 1 atom stereocenters. The highest BCUT2D eigenvalue weighted by Gasteiger charge is 2.19. The lowest BCUT2D eigenvalue weighted by Gasteiger charge is -2.24. The molecule has 2 amide bonds. The van der Waals surface area contributed by atoms with Crippen LogP contribution >= 0.6 is 0 Å². The molecule has 3 heterocycles. The van der Waals surface area contributed by atoms with Gasteiger partial charge in [-0.1, -0.05) is 121 Å². The van der Waals surface area contributed by atoms with E-state index in [0.29, 0.717) is 24.7 Å². The van der Waals surface area contributed by atoms with Crippen LogP contribution in [0.1, 0.15) is 49.1 Å². The molecule has 10 nitrogen and oxygen atoms in total. The van der Waals surface area contributed by atoms with Crippen molar-refractivity contribution < 1.29 is 9.59 Å². The molecule has 0 spiro atoms. The maximum atomic E-state index is 12.2. The van der Waals surface area contributed by atoms with E-state index in [4.69, 9.17) is 0 Å². The van der Waals surface area contributed by atoms with Gasteiger partial charge in [-0.05, 0) is 35.2 Å². The van der Waals surface area contributed by atoms with Crippen molar-refractivity contribution in [2.24, 2.45) is 0 Å². The van der Waals surface area contributed by atoms with Gasteiger partial charge in [-0.3, -0.25) is 19.4 Å². The molecule has 3 aromatic heterocycles. The summed E-state index contributed by atoms with van der Waals surface area (Å²) in [7, 11) is 2.08. The Morgan fingerprint density at radius 1 is 0.593 bits per heavy atom. The lowest BCUT2D eigenvalue weighted by Crippen LogP contribution is -2.31. The van der Waals surface area contributed by atoms with E-state index < -0.39 is 0 Å². The zero-order valence-corrected chi connectivity index (χ0v) is 31.0. The van der Waals surface area contributed by atoms with E-state index in [9.17, 15) is 9.59 Å². The predicted molar refractivity (Wildman–Crippen MR) is 215 cm³/mol. The van der Waals surface area contributed by atoms with E-state index in [2.05, 4.69) is 104 Å². The summed E-state index contributed by atoms with van der Waals surface area (Å²) in [6, 6.07) is 44.3. The van der Waals surface area contributed by atoms with Crippen LogP contribution in [0, 0.1) is 0 Å². The molecule has 0 saturated carbocycles. The van der Waals surface area contributed by atoms with E-state index in [1.54, 1.807) is 22.2 Å². The second-order valence-electron chi connectivity index (χ2n) is 13.0. The largest absolute Gasteiger partial charge is 0.355 e. The first-order valence-electron chi connectivity index (χ1n) is 17.9. The molecular weight excluding hydrogens is 673 g/mol. The Hall–Kier alpha value is -6.68. The van der Waals surface area contributed by atoms with Gasteiger partial charge < -0.3 is 9.47 Å². The molecule has 0 bridgehead atoms. The number of carbonyl (C=O) groups is 2. The number of fused-ring (bicyclic) bond motifs is 1. The highest BCUT2D eigenvalue weighted by atomic mass is 16.2. The zero-order chi connectivity index (χ0) is 37.9. The van der Waals surface area contributed by atoms with Crippen molar-refractivity contribution >= 4 is 40.3 Å². The summed E-state index contributed by atoms with van der Waals surface area (Å²) in [5.74, 6) is 1.61. The van der Waals surface area contributed by atoms with Crippen LogP contribution in [0.25, 0.3) is 11.0 Å². The Morgan fingerprint density at radius 3 is 1.52 bits per heavy atom. The molecule has 7 rings (SSSR count). The topological polar surface area (TPSA) is 100 Å². The fourth-order valence-electron chi connectivity index (χ4n) is 6.27. The second kappa shape index (κ2) is 17.7. The summed E-state index contributed by atoms with van der Waals surface area (Å²) in [4.78, 5) is 47.4. The molecule has 0 aliphatic carbocycles. The minimum atomic E-state index is -0.133. The van der Waals surface area contributed by atoms with Crippen molar-refractivity contribution in [3.05, 3.63) is 175 Å². The summed E-state index contributed by atoms with van der Waals surface area (Å²) in [6.07, 6.45) is 5.15.